The summed E-state index contributed by atoms with van der Waals surface area (Å²) in [5, 5.41) is 10.3. The molecule has 3 aromatic carbocycles. The minimum absolute atomic E-state index is 0.00113. The first-order valence-electron chi connectivity index (χ1n) is 10.1. The van der Waals surface area contributed by atoms with Crippen LogP contribution in [0.1, 0.15) is 16.7 Å². The first-order valence-corrected chi connectivity index (χ1v) is 12.5. The Hall–Kier alpha value is -3.02. The predicted molar refractivity (Wildman–Crippen MR) is 137 cm³/mol. The number of carbonyl (C=O) groups excluding carboxylic acids is 2. The van der Waals surface area contributed by atoms with Gasteiger partial charge in [-0.3, -0.25) is 24.6 Å². The van der Waals surface area contributed by atoms with Crippen LogP contribution in [0.15, 0.2) is 74.5 Å². The molecule has 1 aliphatic heterocycles. The summed E-state index contributed by atoms with van der Waals surface area (Å²) in [6.45, 7) is 0.0426. The second-order valence-corrected chi connectivity index (χ2v) is 10.1. The molecule has 0 unspecified atom stereocenters. The Kier molecular flexibility index (Phi) is 7.68. The lowest BCUT2D eigenvalue weighted by Crippen LogP contribution is -2.27. The van der Waals surface area contributed by atoms with E-state index in [1.807, 2.05) is 0 Å². The molecule has 0 bridgehead atoms. The van der Waals surface area contributed by atoms with Gasteiger partial charge in [0.15, 0.2) is 0 Å². The number of nitrogens with zero attached hydrogens (tertiary/aromatic N) is 2. The van der Waals surface area contributed by atoms with E-state index in [0.717, 1.165) is 22.2 Å². The average Bonchev–Trinajstić information content (AvgIpc) is 3.07. The van der Waals surface area contributed by atoms with E-state index >= 15 is 0 Å². The van der Waals surface area contributed by atoms with Crippen molar-refractivity contribution < 1.29 is 23.6 Å². The number of rotatable bonds is 7. The number of ether oxygens (including phenoxy) is 1. The molecule has 1 saturated heterocycles. The lowest BCUT2D eigenvalue weighted by molar-refractivity contribution is -0.384. The molecule has 1 heterocycles. The second-order valence-electron chi connectivity index (χ2n) is 7.39. The van der Waals surface area contributed by atoms with Gasteiger partial charge in [-0.1, -0.05) is 18.2 Å². The molecule has 3 aromatic rings. The zero-order valence-electron chi connectivity index (χ0n) is 17.7. The highest BCUT2D eigenvalue weighted by Crippen LogP contribution is 2.38. The molecule has 0 aliphatic carbocycles. The molecule has 1 fully saturated rings. The minimum Gasteiger partial charge on any atom is -0.487 e. The van der Waals surface area contributed by atoms with Crippen LogP contribution < -0.4 is 4.74 Å². The molecule has 1 aliphatic rings. The van der Waals surface area contributed by atoms with Gasteiger partial charge < -0.3 is 4.74 Å². The molecule has 0 aromatic heterocycles. The average molecular weight is 622 g/mol. The molecule has 0 saturated carbocycles. The Morgan fingerprint density at radius 3 is 2.34 bits per heavy atom. The summed E-state index contributed by atoms with van der Waals surface area (Å²) in [6, 6.07) is 15.5. The van der Waals surface area contributed by atoms with Gasteiger partial charge in [-0.2, -0.15) is 0 Å². The molecule has 178 valence electrons. The highest BCUT2D eigenvalue weighted by atomic mass is 79.9. The zero-order valence-corrected chi connectivity index (χ0v) is 21.7. The Bertz CT molecular complexity index is 1340. The molecule has 7 nitrogen and oxygen atoms in total. The van der Waals surface area contributed by atoms with E-state index in [4.69, 9.17) is 4.74 Å². The maximum Gasteiger partial charge on any atom is 0.293 e. The number of non-ortho nitro benzene ring substituents is 1. The van der Waals surface area contributed by atoms with Crippen molar-refractivity contribution in [1.29, 1.82) is 0 Å². The first kappa shape index (κ1) is 25.1. The Labute approximate surface area is 220 Å². The van der Waals surface area contributed by atoms with E-state index in [1.54, 1.807) is 42.5 Å². The van der Waals surface area contributed by atoms with Gasteiger partial charge in [-0.05, 0) is 91.2 Å². The maximum absolute atomic E-state index is 14.0. The lowest BCUT2D eigenvalue weighted by atomic mass is 10.2. The third-order valence-electron chi connectivity index (χ3n) is 5.01. The first-order chi connectivity index (χ1) is 16.7. The number of nitro groups is 1. The fourth-order valence-corrected chi connectivity index (χ4v) is 5.54. The number of imide groups is 1. The van der Waals surface area contributed by atoms with Crippen molar-refractivity contribution in [3.05, 3.63) is 107 Å². The van der Waals surface area contributed by atoms with E-state index in [9.17, 15) is 24.1 Å². The molecule has 0 radical (unpaired) electrons. The summed E-state index contributed by atoms with van der Waals surface area (Å²) in [5.41, 5.74) is 1.65. The smallest absolute Gasteiger partial charge is 0.293 e. The fraction of sp³-hybridized carbons (Fsp3) is 0.0833. The molecule has 2 amide bonds. The van der Waals surface area contributed by atoms with Crippen LogP contribution in [0, 0.1) is 15.9 Å². The highest BCUT2D eigenvalue weighted by Gasteiger charge is 2.35. The van der Waals surface area contributed by atoms with E-state index in [0.29, 0.717) is 20.3 Å². The van der Waals surface area contributed by atoms with Gasteiger partial charge in [0.2, 0.25) is 0 Å². The van der Waals surface area contributed by atoms with E-state index in [-0.39, 0.29) is 29.3 Å². The van der Waals surface area contributed by atoms with Crippen molar-refractivity contribution in [2.45, 2.75) is 13.2 Å². The minimum atomic E-state index is -0.492. The number of halogens is 3. The van der Waals surface area contributed by atoms with Gasteiger partial charge in [-0.25, -0.2) is 4.39 Å². The number of carbonyl (C=O) groups is 2. The summed E-state index contributed by atoms with van der Waals surface area (Å²) in [6.07, 6.45) is 1.59. The lowest BCUT2D eigenvalue weighted by Gasteiger charge is -2.13. The van der Waals surface area contributed by atoms with Crippen molar-refractivity contribution in [3.63, 3.8) is 0 Å². The van der Waals surface area contributed by atoms with E-state index < -0.39 is 21.9 Å². The van der Waals surface area contributed by atoms with Gasteiger partial charge >= 0.3 is 0 Å². The summed E-state index contributed by atoms with van der Waals surface area (Å²) in [5.74, 6) is -0.463. The van der Waals surface area contributed by atoms with Crippen LogP contribution in [-0.2, 0) is 17.9 Å². The van der Waals surface area contributed by atoms with Crippen molar-refractivity contribution in [1.82, 2.24) is 4.90 Å². The van der Waals surface area contributed by atoms with Crippen LogP contribution in [0.25, 0.3) is 6.08 Å². The van der Waals surface area contributed by atoms with Crippen LogP contribution in [-0.4, -0.2) is 21.0 Å². The number of benzene rings is 3. The van der Waals surface area contributed by atoms with Crippen LogP contribution in [0.3, 0.4) is 0 Å². The van der Waals surface area contributed by atoms with Gasteiger partial charge in [0.1, 0.15) is 18.2 Å². The molecule has 4 rings (SSSR count). The molecule has 0 spiro atoms. The van der Waals surface area contributed by atoms with Gasteiger partial charge in [0, 0.05) is 17.7 Å². The third kappa shape index (κ3) is 5.80. The zero-order chi connectivity index (χ0) is 25.1. The number of hydrogen-bond donors (Lipinski definition) is 0. The largest absolute Gasteiger partial charge is 0.487 e. The predicted octanol–water partition coefficient (Wildman–Crippen LogP) is 7.07. The quantitative estimate of drug-likeness (QED) is 0.159. The van der Waals surface area contributed by atoms with Gasteiger partial charge in [0.25, 0.3) is 16.8 Å². The highest BCUT2D eigenvalue weighted by molar-refractivity contribution is 9.11. The number of nitro benzene ring substituents is 1. The van der Waals surface area contributed by atoms with Crippen molar-refractivity contribution in [2.75, 3.05) is 0 Å². The van der Waals surface area contributed by atoms with E-state index in [1.165, 1.54) is 24.3 Å². The van der Waals surface area contributed by atoms with Crippen molar-refractivity contribution in [3.8, 4) is 5.75 Å². The van der Waals surface area contributed by atoms with Crippen molar-refractivity contribution >= 4 is 66.5 Å². The molecule has 35 heavy (non-hydrogen) atoms. The van der Waals surface area contributed by atoms with Crippen LogP contribution in [0.2, 0.25) is 0 Å². The second kappa shape index (κ2) is 10.7. The molecule has 0 atom stereocenters. The molecular formula is C24H15Br2FN2O5S. The normalized spacial score (nSPS) is 14.6. The molecule has 11 heteroatoms. The van der Waals surface area contributed by atoms with Gasteiger partial charge in [-0.15, -0.1) is 0 Å². The summed E-state index contributed by atoms with van der Waals surface area (Å²) in [4.78, 5) is 36.8. The molecular weight excluding hydrogens is 607 g/mol. The summed E-state index contributed by atoms with van der Waals surface area (Å²) < 4.78 is 21.0. The third-order valence-corrected chi connectivity index (χ3v) is 7.09. The van der Waals surface area contributed by atoms with Gasteiger partial charge in [0.05, 0.1) is 25.3 Å². The monoisotopic (exact) mass is 620 g/mol. The maximum atomic E-state index is 14.0. The fourth-order valence-electron chi connectivity index (χ4n) is 3.25. The summed E-state index contributed by atoms with van der Waals surface area (Å²) in [7, 11) is 0. The topological polar surface area (TPSA) is 89.7 Å². The van der Waals surface area contributed by atoms with Crippen LogP contribution in [0.4, 0.5) is 14.9 Å². The SMILES string of the molecule is O=C1S/C(=C\c2cc(Br)c(OCc3ccc([N+](=O)[O-])cc3)c(Br)c2)C(=O)N1Cc1ccccc1F. The molecule has 0 N–H and O–H groups in total. The summed E-state index contributed by atoms with van der Waals surface area (Å²) >= 11 is 7.71. The Morgan fingerprint density at radius 2 is 1.71 bits per heavy atom. The number of thioether (sulfide) groups is 1. The number of hydrogen-bond acceptors (Lipinski definition) is 6. The number of amides is 2. The van der Waals surface area contributed by atoms with Crippen LogP contribution >= 0.6 is 43.6 Å². The standard InChI is InChI=1S/C24H15Br2FN2O5S/c25-18-9-15(10-19(26)22(18)34-13-14-5-7-17(8-6-14)29(32)33)11-21-23(30)28(24(31)35-21)12-16-3-1-2-4-20(16)27/h1-11H,12-13H2/b21-11-. The van der Waals surface area contributed by atoms with Crippen molar-refractivity contribution in [2.24, 2.45) is 0 Å². The Balaban J connectivity index is 1.48. The Morgan fingerprint density at radius 1 is 1.06 bits per heavy atom. The van der Waals surface area contributed by atoms with E-state index in [2.05, 4.69) is 31.9 Å². The van der Waals surface area contributed by atoms with Crippen LogP contribution in [0.5, 0.6) is 5.75 Å².